The average molecular weight is 258 g/mol. The summed E-state index contributed by atoms with van der Waals surface area (Å²) in [7, 11) is 0. The lowest BCUT2D eigenvalue weighted by atomic mass is 10.2. The standard InChI is InChI=1S/C15H14O2S/c16-14-8-6-12(7-9-14)10-11-18-15(17)13-4-2-1-3-5-13/h1-9,16H,10-11H2. The fourth-order valence-electron chi connectivity index (χ4n) is 1.58. The lowest BCUT2D eigenvalue weighted by Crippen LogP contribution is -1.96. The Balaban J connectivity index is 1.82. The number of hydrogen-bond acceptors (Lipinski definition) is 3. The van der Waals surface area contributed by atoms with Gasteiger partial charge in [0.25, 0.3) is 0 Å². The van der Waals surface area contributed by atoms with Crippen molar-refractivity contribution in [1.29, 1.82) is 0 Å². The van der Waals surface area contributed by atoms with Gasteiger partial charge in [-0.3, -0.25) is 4.79 Å². The van der Waals surface area contributed by atoms with Crippen LogP contribution in [0.2, 0.25) is 0 Å². The van der Waals surface area contributed by atoms with Gasteiger partial charge >= 0.3 is 0 Å². The smallest absolute Gasteiger partial charge is 0.219 e. The normalized spacial score (nSPS) is 10.2. The Hall–Kier alpha value is -1.74. The highest BCUT2D eigenvalue weighted by Gasteiger charge is 2.05. The number of carbonyl (C=O) groups is 1. The Morgan fingerprint density at radius 1 is 1.00 bits per heavy atom. The maximum atomic E-state index is 11.8. The van der Waals surface area contributed by atoms with Crippen LogP contribution in [0.5, 0.6) is 5.75 Å². The Bertz CT molecular complexity index is 506. The number of benzene rings is 2. The van der Waals surface area contributed by atoms with Crippen LogP contribution in [0.3, 0.4) is 0 Å². The molecule has 0 aliphatic heterocycles. The quantitative estimate of drug-likeness (QED) is 0.912. The van der Waals surface area contributed by atoms with Gasteiger partial charge in [0.15, 0.2) is 0 Å². The molecular weight excluding hydrogens is 244 g/mol. The first-order valence-electron chi connectivity index (χ1n) is 5.76. The van der Waals surface area contributed by atoms with E-state index in [0.717, 1.165) is 23.3 Å². The van der Waals surface area contributed by atoms with E-state index in [0.29, 0.717) is 0 Å². The summed E-state index contributed by atoms with van der Waals surface area (Å²) >= 11 is 1.33. The van der Waals surface area contributed by atoms with Gasteiger partial charge in [0.2, 0.25) is 5.12 Å². The number of hydrogen-bond donors (Lipinski definition) is 1. The highest BCUT2D eigenvalue weighted by Crippen LogP contribution is 2.15. The molecule has 0 fully saturated rings. The van der Waals surface area contributed by atoms with Crippen molar-refractivity contribution < 1.29 is 9.90 Å². The minimum atomic E-state index is 0.106. The van der Waals surface area contributed by atoms with Crippen LogP contribution in [0.15, 0.2) is 54.6 Å². The van der Waals surface area contributed by atoms with Gasteiger partial charge in [0, 0.05) is 11.3 Å². The zero-order valence-corrected chi connectivity index (χ0v) is 10.7. The van der Waals surface area contributed by atoms with Crippen molar-refractivity contribution in [2.24, 2.45) is 0 Å². The highest BCUT2D eigenvalue weighted by atomic mass is 32.2. The van der Waals surface area contributed by atoms with Crippen LogP contribution in [0, 0.1) is 0 Å². The van der Waals surface area contributed by atoms with Crippen LogP contribution >= 0.6 is 11.8 Å². The molecule has 0 amide bonds. The minimum absolute atomic E-state index is 0.106. The summed E-state index contributed by atoms with van der Waals surface area (Å²) in [6, 6.07) is 16.4. The number of rotatable bonds is 4. The van der Waals surface area contributed by atoms with E-state index in [1.807, 2.05) is 42.5 Å². The van der Waals surface area contributed by atoms with Crippen LogP contribution in [0.25, 0.3) is 0 Å². The van der Waals surface area contributed by atoms with Gasteiger partial charge in [-0.05, 0) is 24.1 Å². The first-order valence-corrected chi connectivity index (χ1v) is 6.74. The lowest BCUT2D eigenvalue weighted by molar-refractivity contribution is 0.108. The van der Waals surface area contributed by atoms with E-state index in [2.05, 4.69) is 0 Å². The van der Waals surface area contributed by atoms with Crippen LogP contribution in [-0.2, 0) is 6.42 Å². The summed E-state index contributed by atoms with van der Waals surface area (Å²) in [5.41, 5.74) is 1.87. The van der Waals surface area contributed by atoms with E-state index in [1.165, 1.54) is 11.8 Å². The first-order chi connectivity index (χ1) is 8.75. The number of phenolic OH excluding ortho intramolecular Hbond substituents is 1. The van der Waals surface area contributed by atoms with E-state index in [-0.39, 0.29) is 10.9 Å². The molecule has 0 spiro atoms. The van der Waals surface area contributed by atoms with Crippen molar-refractivity contribution in [3.05, 3.63) is 65.7 Å². The molecule has 0 aliphatic rings. The molecule has 18 heavy (non-hydrogen) atoms. The molecule has 0 saturated heterocycles. The molecule has 0 aromatic heterocycles. The molecule has 92 valence electrons. The van der Waals surface area contributed by atoms with Gasteiger partial charge in [-0.15, -0.1) is 0 Å². The fraction of sp³-hybridized carbons (Fsp3) is 0.133. The monoisotopic (exact) mass is 258 g/mol. The zero-order valence-electron chi connectivity index (χ0n) is 9.87. The van der Waals surface area contributed by atoms with Gasteiger partial charge in [-0.25, -0.2) is 0 Å². The lowest BCUT2D eigenvalue weighted by Gasteiger charge is -2.02. The topological polar surface area (TPSA) is 37.3 Å². The number of thioether (sulfide) groups is 1. The number of carbonyl (C=O) groups excluding carboxylic acids is 1. The van der Waals surface area contributed by atoms with E-state index >= 15 is 0 Å². The molecule has 0 radical (unpaired) electrons. The SMILES string of the molecule is O=C(SCCc1ccc(O)cc1)c1ccccc1. The van der Waals surface area contributed by atoms with Crippen molar-refractivity contribution in [1.82, 2.24) is 0 Å². The maximum absolute atomic E-state index is 11.8. The Kier molecular flexibility index (Phi) is 4.42. The van der Waals surface area contributed by atoms with Crippen molar-refractivity contribution >= 4 is 16.9 Å². The fourth-order valence-corrected chi connectivity index (χ4v) is 2.41. The Morgan fingerprint density at radius 2 is 1.67 bits per heavy atom. The number of phenols is 1. The third-order valence-corrected chi connectivity index (χ3v) is 3.48. The predicted molar refractivity (Wildman–Crippen MR) is 75.0 cm³/mol. The van der Waals surface area contributed by atoms with Gasteiger partial charge in [-0.2, -0.15) is 0 Å². The predicted octanol–water partition coefficient (Wildman–Crippen LogP) is 3.51. The molecule has 1 N–H and O–H groups in total. The van der Waals surface area contributed by atoms with Crippen molar-refractivity contribution in [3.63, 3.8) is 0 Å². The van der Waals surface area contributed by atoms with Crippen LogP contribution < -0.4 is 0 Å². The second-order valence-electron chi connectivity index (χ2n) is 3.92. The van der Waals surface area contributed by atoms with Crippen LogP contribution in [0.4, 0.5) is 0 Å². The van der Waals surface area contributed by atoms with Crippen molar-refractivity contribution in [2.45, 2.75) is 6.42 Å². The van der Waals surface area contributed by atoms with Crippen molar-refractivity contribution in [2.75, 3.05) is 5.75 Å². The van der Waals surface area contributed by atoms with Crippen LogP contribution in [-0.4, -0.2) is 16.0 Å². The van der Waals surface area contributed by atoms with E-state index in [1.54, 1.807) is 12.1 Å². The summed E-state index contributed by atoms with van der Waals surface area (Å²) in [6.07, 6.45) is 0.823. The number of aryl methyl sites for hydroxylation is 1. The van der Waals surface area contributed by atoms with Gasteiger partial charge in [0.1, 0.15) is 5.75 Å². The van der Waals surface area contributed by atoms with Gasteiger partial charge in [-0.1, -0.05) is 54.2 Å². The summed E-state index contributed by atoms with van der Waals surface area (Å²) in [5, 5.41) is 9.27. The van der Waals surface area contributed by atoms with E-state index in [4.69, 9.17) is 5.11 Å². The first kappa shape index (κ1) is 12.7. The Labute approximate surface area is 111 Å². The van der Waals surface area contributed by atoms with Gasteiger partial charge < -0.3 is 5.11 Å². The summed E-state index contributed by atoms with van der Waals surface area (Å²) in [4.78, 5) is 11.8. The molecule has 2 aromatic rings. The molecule has 0 aliphatic carbocycles. The largest absolute Gasteiger partial charge is 0.508 e. The molecule has 0 atom stereocenters. The molecule has 2 rings (SSSR count). The third kappa shape index (κ3) is 3.64. The molecular formula is C15H14O2S. The average Bonchev–Trinajstić information content (AvgIpc) is 2.42. The van der Waals surface area contributed by atoms with E-state index in [9.17, 15) is 4.79 Å². The Morgan fingerprint density at radius 3 is 2.33 bits per heavy atom. The molecule has 0 saturated carbocycles. The molecule has 0 bridgehead atoms. The number of aromatic hydroxyl groups is 1. The minimum Gasteiger partial charge on any atom is -0.508 e. The second kappa shape index (κ2) is 6.26. The maximum Gasteiger partial charge on any atom is 0.219 e. The highest BCUT2D eigenvalue weighted by molar-refractivity contribution is 8.14. The molecule has 2 aromatic carbocycles. The molecule has 0 heterocycles. The third-order valence-electron chi connectivity index (χ3n) is 2.57. The summed E-state index contributed by atoms with van der Waals surface area (Å²) < 4.78 is 0. The summed E-state index contributed by atoms with van der Waals surface area (Å²) in [6.45, 7) is 0. The van der Waals surface area contributed by atoms with Gasteiger partial charge in [0.05, 0.1) is 0 Å². The summed E-state index contributed by atoms with van der Waals surface area (Å²) in [5.74, 6) is 1.02. The molecule has 3 heteroatoms. The molecule has 2 nitrogen and oxygen atoms in total. The van der Waals surface area contributed by atoms with E-state index < -0.39 is 0 Å². The van der Waals surface area contributed by atoms with Crippen LogP contribution in [0.1, 0.15) is 15.9 Å². The molecule has 0 unspecified atom stereocenters. The second-order valence-corrected chi connectivity index (χ2v) is 4.99. The zero-order chi connectivity index (χ0) is 12.8. The van der Waals surface area contributed by atoms with Crippen molar-refractivity contribution in [3.8, 4) is 5.75 Å².